The molecule has 0 saturated heterocycles. The fourth-order valence-electron chi connectivity index (χ4n) is 3.62. The van der Waals surface area contributed by atoms with Gasteiger partial charge >= 0.3 is 0 Å². The van der Waals surface area contributed by atoms with Crippen molar-refractivity contribution in [2.45, 2.75) is 26.9 Å². The first-order chi connectivity index (χ1) is 13.7. The van der Waals surface area contributed by atoms with Crippen LogP contribution in [0, 0.1) is 6.92 Å². The molecule has 0 fully saturated rings. The number of methoxy groups -OCH3 is 1. The van der Waals surface area contributed by atoms with Crippen molar-refractivity contribution in [1.82, 2.24) is 9.97 Å². The standard InChI is InChI=1S/C25H24N2O/c1-4-18-14-25(27-23-11-9-17(2)13-22(18)23)24-12-10-19(15-26-24)21-8-6-5-7-20(21)16-28-3/h5-15H,4,16H2,1-3H3. The van der Waals surface area contributed by atoms with Gasteiger partial charge in [-0.3, -0.25) is 4.98 Å². The highest BCUT2D eigenvalue weighted by Gasteiger charge is 2.10. The molecule has 3 heteroatoms. The zero-order chi connectivity index (χ0) is 19.5. The van der Waals surface area contributed by atoms with E-state index < -0.39 is 0 Å². The maximum atomic E-state index is 5.33. The van der Waals surface area contributed by atoms with Gasteiger partial charge in [-0.15, -0.1) is 0 Å². The average molecular weight is 368 g/mol. The fourth-order valence-corrected chi connectivity index (χ4v) is 3.62. The molecule has 2 heterocycles. The van der Waals surface area contributed by atoms with Gasteiger partial charge in [-0.25, -0.2) is 4.98 Å². The summed E-state index contributed by atoms with van der Waals surface area (Å²) in [7, 11) is 1.72. The molecule has 28 heavy (non-hydrogen) atoms. The van der Waals surface area contributed by atoms with Crippen LogP contribution < -0.4 is 0 Å². The third-order valence-corrected chi connectivity index (χ3v) is 5.08. The Bertz CT molecular complexity index is 1120. The van der Waals surface area contributed by atoms with Gasteiger partial charge in [0.1, 0.15) is 0 Å². The summed E-state index contributed by atoms with van der Waals surface area (Å²) < 4.78 is 5.33. The number of nitrogens with zero attached hydrogens (tertiary/aromatic N) is 2. The van der Waals surface area contributed by atoms with E-state index >= 15 is 0 Å². The van der Waals surface area contributed by atoms with Crippen LogP contribution >= 0.6 is 0 Å². The zero-order valence-electron chi connectivity index (χ0n) is 16.6. The predicted molar refractivity (Wildman–Crippen MR) is 115 cm³/mol. The monoisotopic (exact) mass is 368 g/mol. The van der Waals surface area contributed by atoms with Crippen LogP contribution in [-0.2, 0) is 17.8 Å². The van der Waals surface area contributed by atoms with E-state index in [1.54, 1.807) is 7.11 Å². The molecule has 0 N–H and O–H groups in total. The van der Waals surface area contributed by atoms with E-state index in [1.165, 1.54) is 16.5 Å². The molecule has 0 bridgehead atoms. The van der Waals surface area contributed by atoms with Gasteiger partial charge in [-0.05, 0) is 54.3 Å². The van der Waals surface area contributed by atoms with Crippen molar-refractivity contribution in [3.63, 3.8) is 0 Å². The summed E-state index contributed by atoms with van der Waals surface area (Å²) in [5, 5.41) is 1.23. The van der Waals surface area contributed by atoms with Crippen molar-refractivity contribution in [1.29, 1.82) is 0 Å². The van der Waals surface area contributed by atoms with Crippen LogP contribution in [0.1, 0.15) is 23.6 Å². The second-order valence-corrected chi connectivity index (χ2v) is 7.06. The van der Waals surface area contributed by atoms with Crippen LogP contribution in [-0.4, -0.2) is 17.1 Å². The van der Waals surface area contributed by atoms with Gasteiger partial charge in [-0.1, -0.05) is 48.9 Å². The number of hydrogen-bond donors (Lipinski definition) is 0. The van der Waals surface area contributed by atoms with Crippen LogP contribution in [0.2, 0.25) is 0 Å². The lowest BCUT2D eigenvalue weighted by molar-refractivity contribution is 0.185. The van der Waals surface area contributed by atoms with Crippen molar-refractivity contribution in [2.75, 3.05) is 7.11 Å². The predicted octanol–water partition coefficient (Wildman–Crippen LogP) is 5.98. The van der Waals surface area contributed by atoms with Gasteiger partial charge in [-0.2, -0.15) is 0 Å². The Labute approximate surface area is 166 Å². The molecule has 140 valence electrons. The Balaban J connectivity index is 1.74. The van der Waals surface area contributed by atoms with Gasteiger partial charge in [0.15, 0.2) is 0 Å². The fraction of sp³-hybridized carbons (Fsp3) is 0.200. The minimum atomic E-state index is 0.587. The van der Waals surface area contributed by atoms with Crippen molar-refractivity contribution in [3.05, 3.63) is 83.6 Å². The average Bonchev–Trinajstić information content (AvgIpc) is 2.74. The maximum Gasteiger partial charge on any atom is 0.0896 e. The van der Waals surface area contributed by atoms with E-state index in [4.69, 9.17) is 14.7 Å². The molecular weight excluding hydrogens is 344 g/mol. The summed E-state index contributed by atoms with van der Waals surface area (Å²) in [4.78, 5) is 9.59. The third kappa shape index (κ3) is 3.54. The largest absolute Gasteiger partial charge is 0.380 e. The molecule has 0 radical (unpaired) electrons. The number of aromatic nitrogens is 2. The Morgan fingerprint density at radius 1 is 0.893 bits per heavy atom. The van der Waals surface area contributed by atoms with Crippen LogP contribution in [0.5, 0.6) is 0 Å². The Hall–Kier alpha value is -3.04. The number of benzene rings is 2. The van der Waals surface area contributed by atoms with Gasteiger partial charge in [0.25, 0.3) is 0 Å². The Morgan fingerprint density at radius 2 is 1.75 bits per heavy atom. The highest BCUT2D eigenvalue weighted by molar-refractivity contribution is 5.85. The van der Waals surface area contributed by atoms with E-state index in [2.05, 4.69) is 62.4 Å². The molecule has 2 aromatic carbocycles. The molecule has 4 rings (SSSR count). The first-order valence-corrected chi connectivity index (χ1v) is 9.63. The molecule has 0 atom stereocenters. The van der Waals surface area contributed by atoms with Gasteiger partial charge in [0.05, 0.1) is 23.5 Å². The number of hydrogen-bond acceptors (Lipinski definition) is 3. The molecule has 0 aliphatic heterocycles. The summed E-state index contributed by atoms with van der Waals surface area (Å²) in [6, 6.07) is 21.0. The van der Waals surface area contributed by atoms with Crippen molar-refractivity contribution < 1.29 is 4.74 Å². The maximum absolute atomic E-state index is 5.33. The lowest BCUT2D eigenvalue weighted by Gasteiger charge is -2.11. The second kappa shape index (κ2) is 7.91. The van der Waals surface area contributed by atoms with E-state index in [0.29, 0.717) is 6.61 Å². The molecule has 0 unspecified atom stereocenters. The van der Waals surface area contributed by atoms with E-state index in [1.807, 2.05) is 18.3 Å². The van der Waals surface area contributed by atoms with Gasteiger partial charge < -0.3 is 4.74 Å². The van der Waals surface area contributed by atoms with Crippen LogP contribution in [0.4, 0.5) is 0 Å². The zero-order valence-corrected chi connectivity index (χ0v) is 16.6. The van der Waals surface area contributed by atoms with Crippen molar-refractivity contribution in [3.8, 4) is 22.5 Å². The minimum Gasteiger partial charge on any atom is -0.380 e. The van der Waals surface area contributed by atoms with Crippen LogP contribution in [0.15, 0.2) is 66.9 Å². The van der Waals surface area contributed by atoms with Crippen LogP contribution in [0.25, 0.3) is 33.4 Å². The lowest BCUT2D eigenvalue weighted by Crippen LogP contribution is -1.95. The lowest BCUT2D eigenvalue weighted by atomic mass is 10.0. The number of ether oxygens (including phenoxy) is 1. The highest BCUT2D eigenvalue weighted by atomic mass is 16.5. The smallest absolute Gasteiger partial charge is 0.0896 e. The molecule has 2 aromatic heterocycles. The SMILES string of the molecule is CCc1cc(-c2ccc(-c3ccccc3COC)cn2)nc2ccc(C)cc12. The van der Waals surface area contributed by atoms with E-state index in [9.17, 15) is 0 Å². The van der Waals surface area contributed by atoms with Gasteiger partial charge in [0, 0.05) is 24.3 Å². The molecular formula is C25H24N2O. The topological polar surface area (TPSA) is 35.0 Å². The number of pyridine rings is 2. The summed E-state index contributed by atoms with van der Waals surface area (Å²) in [5.74, 6) is 0. The second-order valence-electron chi connectivity index (χ2n) is 7.06. The molecule has 0 spiro atoms. The molecule has 0 saturated carbocycles. The summed E-state index contributed by atoms with van der Waals surface area (Å²) in [6.45, 7) is 4.89. The van der Waals surface area contributed by atoms with Crippen molar-refractivity contribution >= 4 is 10.9 Å². The quantitative estimate of drug-likeness (QED) is 0.434. The summed E-state index contributed by atoms with van der Waals surface area (Å²) in [6.07, 6.45) is 2.90. The molecule has 0 aliphatic carbocycles. The first kappa shape index (κ1) is 18.3. The highest BCUT2D eigenvalue weighted by Crippen LogP contribution is 2.28. The Morgan fingerprint density at radius 3 is 2.50 bits per heavy atom. The number of aryl methyl sites for hydroxylation is 2. The molecule has 0 aliphatic rings. The summed E-state index contributed by atoms with van der Waals surface area (Å²) >= 11 is 0. The molecule has 0 amide bonds. The number of rotatable bonds is 5. The summed E-state index contributed by atoms with van der Waals surface area (Å²) in [5.41, 5.74) is 8.80. The van der Waals surface area contributed by atoms with E-state index in [0.717, 1.165) is 40.0 Å². The van der Waals surface area contributed by atoms with Crippen molar-refractivity contribution in [2.24, 2.45) is 0 Å². The minimum absolute atomic E-state index is 0.587. The Kier molecular flexibility index (Phi) is 5.18. The number of fused-ring (bicyclic) bond motifs is 1. The third-order valence-electron chi connectivity index (χ3n) is 5.08. The molecule has 4 aromatic rings. The van der Waals surface area contributed by atoms with Crippen LogP contribution in [0.3, 0.4) is 0 Å². The molecule has 3 nitrogen and oxygen atoms in total. The first-order valence-electron chi connectivity index (χ1n) is 9.63. The van der Waals surface area contributed by atoms with E-state index in [-0.39, 0.29) is 0 Å². The normalized spacial score (nSPS) is 11.1. The van der Waals surface area contributed by atoms with Gasteiger partial charge in [0.2, 0.25) is 0 Å².